The minimum Gasteiger partial charge on any atom is -0.348 e. The Bertz CT molecular complexity index is 669. The number of amides is 1. The highest BCUT2D eigenvalue weighted by Crippen LogP contribution is 2.30. The van der Waals surface area contributed by atoms with Crippen molar-refractivity contribution in [2.45, 2.75) is 12.7 Å². The van der Waals surface area contributed by atoms with Crippen molar-refractivity contribution in [2.75, 3.05) is 0 Å². The summed E-state index contributed by atoms with van der Waals surface area (Å²) in [6, 6.07) is 4.64. The van der Waals surface area contributed by atoms with Crippen molar-refractivity contribution in [1.82, 2.24) is 15.5 Å². The van der Waals surface area contributed by atoms with E-state index in [1.54, 1.807) is 12.1 Å². The molecule has 0 atom stereocenters. The van der Waals surface area contributed by atoms with Gasteiger partial charge in [-0.15, -0.1) is 12.4 Å². The molecule has 0 radical (unpaired) electrons. The van der Waals surface area contributed by atoms with Crippen LogP contribution in [-0.4, -0.2) is 16.0 Å². The van der Waals surface area contributed by atoms with Crippen molar-refractivity contribution < 1.29 is 22.5 Å². The molecule has 0 bridgehead atoms. The molecule has 5 nitrogen and oxygen atoms in total. The molecule has 0 saturated carbocycles. The summed E-state index contributed by atoms with van der Waals surface area (Å²) >= 11 is 0. The summed E-state index contributed by atoms with van der Waals surface area (Å²) in [5.74, 6) is -1.88. The first kappa shape index (κ1) is 14.3. The first-order valence-corrected chi connectivity index (χ1v) is 5.27. The second kappa shape index (κ2) is 4.78. The highest BCUT2D eigenvalue weighted by molar-refractivity contribution is 5.99. The monoisotopic (exact) mass is 305 g/mol. The molecule has 1 aliphatic heterocycles. The first-order chi connectivity index (χ1) is 8.95. The lowest BCUT2D eigenvalue weighted by molar-refractivity contribution is -0.159. The van der Waals surface area contributed by atoms with E-state index in [1.165, 1.54) is 6.07 Å². The van der Waals surface area contributed by atoms with Crippen LogP contribution in [0, 0.1) is 0 Å². The smallest absolute Gasteiger partial charge is 0.348 e. The van der Waals surface area contributed by atoms with Gasteiger partial charge in [0, 0.05) is 17.7 Å². The molecule has 0 unspecified atom stereocenters. The maximum absolute atomic E-state index is 12.3. The number of nitrogens with zero attached hydrogens (tertiary/aromatic N) is 2. The normalized spacial score (nSPS) is 13.7. The van der Waals surface area contributed by atoms with Gasteiger partial charge in [0.1, 0.15) is 0 Å². The number of benzene rings is 1. The standard InChI is InChI=1S/C11H6F3N3O2.ClH/c12-11(13,14)10-16-8(17-19-10)5-1-2-6-4-15-9(18)7(6)3-5;/h1-3H,4H2,(H,15,18);1H. The Balaban J connectivity index is 0.00000147. The Morgan fingerprint density at radius 3 is 2.70 bits per heavy atom. The minimum atomic E-state index is -4.68. The lowest BCUT2D eigenvalue weighted by atomic mass is 10.1. The second-order valence-corrected chi connectivity index (χ2v) is 3.98. The maximum Gasteiger partial charge on any atom is 0.471 e. The van der Waals surface area contributed by atoms with E-state index in [0.717, 1.165) is 5.56 Å². The second-order valence-electron chi connectivity index (χ2n) is 3.98. The van der Waals surface area contributed by atoms with E-state index >= 15 is 0 Å². The van der Waals surface area contributed by atoms with Crippen molar-refractivity contribution >= 4 is 18.3 Å². The lowest BCUT2D eigenvalue weighted by Gasteiger charge is -1.98. The minimum absolute atomic E-state index is 0. The van der Waals surface area contributed by atoms with Crippen LogP contribution < -0.4 is 5.32 Å². The van der Waals surface area contributed by atoms with Crippen LogP contribution in [-0.2, 0) is 12.7 Å². The predicted octanol–water partition coefficient (Wildman–Crippen LogP) is 2.42. The number of aromatic nitrogens is 2. The molecule has 0 fully saturated rings. The van der Waals surface area contributed by atoms with Gasteiger partial charge in [-0.3, -0.25) is 4.79 Å². The van der Waals surface area contributed by atoms with Crippen LogP contribution in [0.15, 0.2) is 22.7 Å². The lowest BCUT2D eigenvalue weighted by Crippen LogP contribution is -2.12. The summed E-state index contributed by atoms with van der Waals surface area (Å²) in [7, 11) is 0. The van der Waals surface area contributed by atoms with E-state index < -0.39 is 12.1 Å². The SMILES string of the molecule is Cl.O=C1NCc2ccc(-c3noc(C(F)(F)F)n3)cc21. The maximum atomic E-state index is 12.3. The van der Waals surface area contributed by atoms with Gasteiger partial charge in [0.05, 0.1) is 0 Å². The average Bonchev–Trinajstić information content (AvgIpc) is 2.96. The van der Waals surface area contributed by atoms with Crippen LogP contribution in [0.25, 0.3) is 11.4 Å². The van der Waals surface area contributed by atoms with Crippen molar-refractivity contribution in [3.05, 3.63) is 35.2 Å². The van der Waals surface area contributed by atoms with Gasteiger partial charge in [-0.25, -0.2) is 0 Å². The summed E-state index contributed by atoms with van der Waals surface area (Å²) in [4.78, 5) is 14.7. The van der Waals surface area contributed by atoms with Gasteiger partial charge in [0.25, 0.3) is 5.91 Å². The Morgan fingerprint density at radius 2 is 2.05 bits per heavy atom. The molecule has 0 aliphatic carbocycles. The van der Waals surface area contributed by atoms with E-state index in [-0.39, 0.29) is 24.1 Å². The zero-order valence-electron chi connectivity index (χ0n) is 9.69. The molecular weight excluding hydrogens is 299 g/mol. The molecule has 0 saturated heterocycles. The first-order valence-electron chi connectivity index (χ1n) is 5.27. The fourth-order valence-electron chi connectivity index (χ4n) is 1.81. The highest BCUT2D eigenvalue weighted by Gasteiger charge is 2.38. The third-order valence-electron chi connectivity index (χ3n) is 2.72. The molecule has 2 aromatic rings. The fourth-order valence-corrected chi connectivity index (χ4v) is 1.81. The molecule has 9 heteroatoms. The molecule has 1 aliphatic rings. The summed E-state index contributed by atoms with van der Waals surface area (Å²) in [6.07, 6.45) is -4.68. The van der Waals surface area contributed by atoms with E-state index in [1.807, 2.05) is 0 Å². The number of halogens is 4. The number of hydrogen-bond donors (Lipinski definition) is 1. The summed E-state index contributed by atoms with van der Waals surface area (Å²) < 4.78 is 41.2. The Labute approximate surface area is 116 Å². The van der Waals surface area contributed by atoms with Crippen LogP contribution in [0.2, 0.25) is 0 Å². The van der Waals surface area contributed by atoms with Crippen LogP contribution >= 0.6 is 12.4 Å². The van der Waals surface area contributed by atoms with Crippen molar-refractivity contribution in [2.24, 2.45) is 0 Å². The van der Waals surface area contributed by atoms with Crippen molar-refractivity contribution in [3.8, 4) is 11.4 Å². The number of nitrogens with one attached hydrogen (secondary N) is 1. The zero-order chi connectivity index (χ0) is 13.6. The third-order valence-corrected chi connectivity index (χ3v) is 2.72. The van der Waals surface area contributed by atoms with Gasteiger partial charge < -0.3 is 9.84 Å². The Morgan fingerprint density at radius 1 is 1.30 bits per heavy atom. The van der Waals surface area contributed by atoms with Gasteiger partial charge in [0.15, 0.2) is 0 Å². The zero-order valence-corrected chi connectivity index (χ0v) is 10.5. The van der Waals surface area contributed by atoms with E-state index in [4.69, 9.17) is 0 Å². The van der Waals surface area contributed by atoms with E-state index in [9.17, 15) is 18.0 Å². The molecular formula is C11H7ClF3N3O2. The number of carbonyl (C=O) groups is 1. The molecule has 1 N–H and O–H groups in total. The summed E-state index contributed by atoms with van der Waals surface area (Å²) in [5.41, 5.74) is 1.50. The van der Waals surface area contributed by atoms with E-state index in [0.29, 0.717) is 17.7 Å². The van der Waals surface area contributed by atoms with Crippen molar-refractivity contribution in [3.63, 3.8) is 0 Å². The largest absolute Gasteiger partial charge is 0.471 e. The quantitative estimate of drug-likeness (QED) is 0.878. The number of carbonyl (C=O) groups excluding carboxylic acids is 1. The topological polar surface area (TPSA) is 68.0 Å². The van der Waals surface area contributed by atoms with Gasteiger partial charge in [-0.1, -0.05) is 17.3 Å². The highest BCUT2D eigenvalue weighted by atomic mass is 35.5. The molecule has 1 amide bonds. The molecule has 1 aromatic carbocycles. The van der Waals surface area contributed by atoms with Crippen LogP contribution in [0.4, 0.5) is 13.2 Å². The van der Waals surface area contributed by atoms with Crippen LogP contribution in [0.1, 0.15) is 21.8 Å². The average molecular weight is 306 g/mol. The fraction of sp³-hybridized carbons (Fsp3) is 0.182. The molecule has 2 heterocycles. The molecule has 20 heavy (non-hydrogen) atoms. The number of alkyl halides is 3. The van der Waals surface area contributed by atoms with E-state index in [2.05, 4.69) is 20.0 Å². The molecule has 1 aromatic heterocycles. The van der Waals surface area contributed by atoms with Gasteiger partial charge in [0.2, 0.25) is 5.82 Å². The molecule has 0 spiro atoms. The molecule has 106 valence electrons. The van der Waals surface area contributed by atoms with Gasteiger partial charge in [-0.05, 0) is 11.6 Å². The summed E-state index contributed by atoms with van der Waals surface area (Å²) in [6.45, 7) is 0.411. The number of fused-ring (bicyclic) bond motifs is 1. The summed E-state index contributed by atoms with van der Waals surface area (Å²) in [5, 5.41) is 5.88. The predicted molar refractivity (Wildman–Crippen MR) is 63.2 cm³/mol. The van der Waals surface area contributed by atoms with Gasteiger partial charge >= 0.3 is 12.1 Å². The Hall–Kier alpha value is -2.09. The van der Waals surface area contributed by atoms with Gasteiger partial charge in [-0.2, -0.15) is 18.2 Å². The molecule has 3 rings (SSSR count). The van der Waals surface area contributed by atoms with Crippen LogP contribution in [0.3, 0.4) is 0 Å². The van der Waals surface area contributed by atoms with Crippen molar-refractivity contribution in [1.29, 1.82) is 0 Å². The third kappa shape index (κ3) is 2.34. The number of hydrogen-bond acceptors (Lipinski definition) is 4. The number of rotatable bonds is 1. The van der Waals surface area contributed by atoms with Crippen LogP contribution in [0.5, 0.6) is 0 Å². The Kier molecular flexibility index (Phi) is 3.43.